The summed E-state index contributed by atoms with van der Waals surface area (Å²) in [4.78, 5) is 0. The predicted octanol–water partition coefficient (Wildman–Crippen LogP) is 4.08. The number of hydrogen-bond donors (Lipinski definition) is 0. The molecule has 23 heavy (non-hydrogen) atoms. The first-order valence-electron chi connectivity index (χ1n) is 7.64. The van der Waals surface area contributed by atoms with E-state index in [9.17, 15) is 5.26 Å². The van der Waals surface area contributed by atoms with Gasteiger partial charge < -0.3 is 4.74 Å². The fourth-order valence-corrected chi connectivity index (χ4v) is 2.94. The Kier molecular flexibility index (Phi) is 4.29. The van der Waals surface area contributed by atoms with E-state index in [1.54, 1.807) is 7.11 Å². The van der Waals surface area contributed by atoms with Crippen LogP contribution in [0, 0.1) is 11.3 Å². The second kappa shape index (κ2) is 6.53. The molecule has 4 heteroatoms. The zero-order chi connectivity index (χ0) is 16.2. The fourth-order valence-electron chi connectivity index (χ4n) is 2.94. The third-order valence-corrected chi connectivity index (χ3v) is 4.10. The molecule has 4 nitrogen and oxygen atoms in total. The van der Waals surface area contributed by atoms with Gasteiger partial charge in [0.25, 0.3) is 0 Å². The Morgan fingerprint density at radius 1 is 1.17 bits per heavy atom. The molecule has 116 valence electrons. The maximum atomic E-state index is 9.73. The zero-order valence-corrected chi connectivity index (χ0v) is 13.3. The van der Waals surface area contributed by atoms with Crippen LogP contribution >= 0.6 is 0 Å². The highest BCUT2D eigenvalue weighted by molar-refractivity contribution is 5.84. The third kappa shape index (κ3) is 3.04. The molecule has 0 spiro atoms. The topological polar surface area (TPSA) is 48.6 Å². The van der Waals surface area contributed by atoms with Crippen molar-refractivity contribution in [2.24, 2.45) is 5.10 Å². The average molecular weight is 305 g/mol. The SMILES string of the molecule is COc1ccc([C@H](C#N)N2N=C(C)C[C@@H]2c2ccccc2)cc1. The minimum atomic E-state index is -0.413. The smallest absolute Gasteiger partial charge is 0.159 e. The number of rotatable bonds is 4. The van der Waals surface area contributed by atoms with Gasteiger partial charge in [-0.3, -0.25) is 5.01 Å². The monoisotopic (exact) mass is 305 g/mol. The lowest BCUT2D eigenvalue weighted by Crippen LogP contribution is -2.24. The van der Waals surface area contributed by atoms with E-state index in [0.717, 1.165) is 23.4 Å². The highest BCUT2D eigenvalue weighted by atomic mass is 16.5. The number of hydrogen-bond acceptors (Lipinski definition) is 4. The summed E-state index contributed by atoms with van der Waals surface area (Å²) in [5, 5.41) is 16.3. The zero-order valence-electron chi connectivity index (χ0n) is 13.3. The Morgan fingerprint density at radius 2 is 1.87 bits per heavy atom. The van der Waals surface area contributed by atoms with Gasteiger partial charge >= 0.3 is 0 Å². The van der Waals surface area contributed by atoms with E-state index in [0.29, 0.717) is 0 Å². The maximum absolute atomic E-state index is 9.73. The van der Waals surface area contributed by atoms with E-state index in [-0.39, 0.29) is 6.04 Å². The largest absolute Gasteiger partial charge is 0.497 e. The summed E-state index contributed by atoms with van der Waals surface area (Å²) in [6.45, 7) is 2.01. The first-order chi connectivity index (χ1) is 11.2. The van der Waals surface area contributed by atoms with Gasteiger partial charge in [0.2, 0.25) is 0 Å². The van der Waals surface area contributed by atoms with Crippen LogP contribution in [0.1, 0.15) is 36.6 Å². The number of nitrogens with zero attached hydrogens (tertiary/aromatic N) is 3. The first kappa shape index (κ1) is 15.1. The van der Waals surface area contributed by atoms with E-state index >= 15 is 0 Å². The molecule has 2 atom stereocenters. The molecule has 0 N–H and O–H groups in total. The van der Waals surface area contributed by atoms with Crippen molar-refractivity contribution in [3.63, 3.8) is 0 Å². The van der Waals surface area contributed by atoms with Crippen molar-refractivity contribution < 1.29 is 4.74 Å². The van der Waals surface area contributed by atoms with Gasteiger partial charge in [-0.25, -0.2) is 0 Å². The molecule has 0 radical (unpaired) electrons. The number of ether oxygens (including phenoxy) is 1. The number of benzene rings is 2. The molecule has 1 aliphatic rings. The quantitative estimate of drug-likeness (QED) is 0.855. The van der Waals surface area contributed by atoms with Crippen molar-refractivity contribution in [1.82, 2.24) is 5.01 Å². The van der Waals surface area contributed by atoms with Crippen LogP contribution in [0.4, 0.5) is 0 Å². The van der Waals surface area contributed by atoms with Gasteiger partial charge in [0.15, 0.2) is 6.04 Å². The molecule has 1 heterocycles. The average Bonchev–Trinajstić information content (AvgIpc) is 2.98. The highest BCUT2D eigenvalue weighted by Gasteiger charge is 2.32. The summed E-state index contributed by atoms with van der Waals surface area (Å²) >= 11 is 0. The van der Waals surface area contributed by atoms with Crippen LogP contribution < -0.4 is 4.74 Å². The first-order valence-corrected chi connectivity index (χ1v) is 7.64. The minimum Gasteiger partial charge on any atom is -0.497 e. The van der Waals surface area contributed by atoms with Crippen molar-refractivity contribution in [3.05, 3.63) is 65.7 Å². The normalized spacial score (nSPS) is 18.2. The Bertz CT molecular complexity index is 731. The summed E-state index contributed by atoms with van der Waals surface area (Å²) in [5.41, 5.74) is 3.15. The molecular formula is C19H19N3O. The molecule has 1 aliphatic heterocycles. The second-order valence-electron chi connectivity index (χ2n) is 5.65. The highest BCUT2D eigenvalue weighted by Crippen LogP contribution is 2.37. The number of methoxy groups -OCH3 is 1. The van der Waals surface area contributed by atoms with Gasteiger partial charge in [-0.05, 0) is 30.2 Å². The summed E-state index contributed by atoms with van der Waals surface area (Å²) in [5.74, 6) is 0.783. The molecule has 2 aromatic rings. The molecular weight excluding hydrogens is 286 g/mol. The lowest BCUT2D eigenvalue weighted by atomic mass is 9.99. The van der Waals surface area contributed by atoms with Gasteiger partial charge in [0.1, 0.15) is 5.75 Å². The molecule has 0 aromatic heterocycles. The van der Waals surface area contributed by atoms with Gasteiger partial charge in [0.05, 0.1) is 19.2 Å². The van der Waals surface area contributed by atoms with Crippen LogP contribution in [0.15, 0.2) is 59.7 Å². The van der Waals surface area contributed by atoms with Crippen LogP contribution in [0.25, 0.3) is 0 Å². The van der Waals surface area contributed by atoms with E-state index in [1.165, 1.54) is 5.56 Å². The van der Waals surface area contributed by atoms with Crippen LogP contribution in [0.3, 0.4) is 0 Å². The van der Waals surface area contributed by atoms with E-state index < -0.39 is 6.04 Å². The molecule has 0 unspecified atom stereocenters. The van der Waals surface area contributed by atoms with Crippen LogP contribution in [0.2, 0.25) is 0 Å². The van der Waals surface area contributed by atoms with Gasteiger partial charge in [0, 0.05) is 12.1 Å². The standard InChI is InChI=1S/C19H19N3O/c1-14-12-18(15-6-4-3-5-7-15)22(21-14)19(13-20)16-8-10-17(23-2)11-9-16/h3-11,18-19H,12H2,1-2H3/t18-,19+/m1/s1. The number of nitriles is 1. The Labute approximate surface area is 136 Å². The predicted molar refractivity (Wildman–Crippen MR) is 90.1 cm³/mol. The van der Waals surface area contributed by atoms with Crippen LogP contribution in [0.5, 0.6) is 5.75 Å². The van der Waals surface area contributed by atoms with Crippen molar-refractivity contribution in [1.29, 1.82) is 5.26 Å². The lowest BCUT2D eigenvalue weighted by Gasteiger charge is -2.28. The van der Waals surface area contributed by atoms with Crippen molar-refractivity contribution in [2.45, 2.75) is 25.4 Å². The Morgan fingerprint density at radius 3 is 2.48 bits per heavy atom. The summed E-state index contributed by atoms with van der Waals surface area (Å²) in [7, 11) is 1.64. The van der Waals surface area contributed by atoms with Gasteiger partial charge in [-0.1, -0.05) is 42.5 Å². The van der Waals surface area contributed by atoms with Gasteiger partial charge in [-0.15, -0.1) is 0 Å². The van der Waals surface area contributed by atoms with E-state index in [2.05, 4.69) is 23.3 Å². The number of hydrazone groups is 1. The van der Waals surface area contributed by atoms with Crippen LogP contribution in [-0.4, -0.2) is 17.8 Å². The molecule has 0 saturated heterocycles. The molecule has 3 rings (SSSR count). The van der Waals surface area contributed by atoms with E-state index in [4.69, 9.17) is 4.74 Å². The fraction of sp³-hybridized carbons (Fsp3) is 0.263. The van der Waals surface area contributed by atoms with Crippen molar-refractivity contribution in [2.75, 3.05) is 7.11 Å². The second-order valence-corrected chi connectivity index (χ2v) is 5.65. The van der Waals surface area contributed by atoms with Crippen molar-refractivity contribution >= 4 is 5.71 Å². The summed E-state index contributed by atoms with van der Waals surface area (Å²) in [6.07, 6.45) is 0.846. The minimum absolute atomic E-state index is 0.1000. The van der Waals surface area contributed by atoms with Crippen LogP contribution in [-0.2, 0) is 0 Å². The maximum Gasteiger partial charge on any atom is 0.159 e. The molecule has 0 saturated carbocycles. The summed E-state index contributed by atoms with van der Waals surface area (Å²) in [6, 6.07) is 19.9. The molecule has 0 fully saturated rings. The lowest BCUT2D eigenvalue weighted by molar-refractivity contribution is 0.196. The third-order valence-electron chi connectivity index (χ3n) is 4.10. The summed E-state index contributed by atoms with van der Waals surface area (Å²) < 4.78 is 5.19. The van der Waals surface area contributed by atoms with Gasteiger partial charge in [-0.2, -0.15) is 10.4 Å². The molecule has 2 aromatic carbocycles. The molecule has 0 amide bonds. The van der Waals surface area contributed by atoms with E-state index in [1.807, 2.05) is 54.4 Å². The Hall–Kier alpha value is -2.80. The Balaban J connectivity index is 1.93. The molecule has 0 aliphatic carbocycles. The molecule has 0 bridgehead atoms. The van der Waals surface area contributed by atoms with Crippen molar-refractivity contribution in [3.8, 4) is 11.8 Å².